The number of rotatable bonds is 6. The molecule has 1 aliphatic heterocycles. The van der Waals surface area contributed by atoms with E-state index in [9.17, 15) is 9.00 Å². The highest BCUT2D eigenvalue weighted by Gasteiger charge is 2.44. The standard InChI is InChI=1S/C15H24N2O2S2/c1-5-10(2)13-15(18)17(11(3)9-21(4)19)14(16-13)12-7-6-8-20-12/h6-8,10-11,13-14,16H,5,9H2,1-4H3. The Hall–Kier alpha value is -0.720. The van der Waals surface area contributed by atoms with Gasteiger partial charge in [-0.3, -0.25) is 14.3 Å². The molecule has 1 aromatic heterocycles. The third-order valence-electron chi connectivity index (χ3n) is 4.11. The minimum atomic E-state index is -0.910. The first-order chi connectivity index (χ1) is 9.95. The van der Waals surface area contributed by atoms with Crippen LogP contribution in [0.5, 0.6) is 0 Å². The summed E-state index contributed by atoms with van der Waals surface area (Å²) in [5, 5.41) is 5.51. The number of nitrogens with one attached hydrogen (secondary N) is 1. The summed E-state index contributed by atoms with van der Waals surface area (Å²) in [5.41, 5.74) is 0. The van der Waals surface area contributed by atoms with E-state index in [2.05, 4.69) is 25.2 Å². The van der Waals surface area contributed by atoms with E-state index >= 15 is 0 Å². The molecule has 2 heterocycles. The molecule has 0 radical (unpaired) electrons. The predicted octanol–water partition coefficient (Wildman–Crippen LogP) is 2.36. The molecule has 0 saturated carbocycles. The zero-order valence-electron chi connectivity index (χ0n) is 13.0. The van der Waals surface area contributed by atoms with Crippen molar-refractivity contribution < 1.29 is 9.00 Å². The molecular formula is C15H24N2O2S2. The smallest absolute Gasteiger partial charge is 0.241 e. The molecule has 0 aromatic carbocycles. The molecule has 5 unspecified atom stereocenters. The lowest BCUT2D eigenvalue weighted by Crippen LogP contribution is -2.42. The van der Waals surface area contributed by atoms with E-state index in [1.54, 1.807) is 17.6 Å². The molecule has 1 aliphatic rings. The minimum Gasteiger partial charge on any atom is -0.317 e. The Morgan fingerprint density at radius 3 is 2.71 bits per heavy atom. The molecule has 5 atom stereocenters. The molecule has 2 rings (SSSR count). The topological polar surface area (TPSA) is 49.4 Å². The van der Waals surface area contributed by atoms with E-state index in [4.69, 9.17) is 0 Å². The molecule has 118 valence electrons. The van der Waals surface area contributed by atoms with E-state index in [0.717, 1.165) is 11.3 Å². The summed E-state index contributed by atoms with van der Waals surface area (Å²) in [6.45, 7) is 6.20. The number of carbonyl (C=O) groups excluding carboxylic acids is 1. The molecule has 6 heteroatoms. The van der Waals surface area contributed by atoms with E-state index < -0.39 is 10.8 Å². The Morgan fingerprint density at radius 2 is 2.19 bits per heavy atom. The van der Waals surface area contributed by atoms with Gasteiger partial charge < -0.3 is 4.90 Å². The zero-order valence-corrected chi connectivity index (χ0v) is 14.7. The van der Waals surface area contributed by atoms with Crippen molar-refractivity contribution in [2.75, 3.05) is 12.0 Å². The van der Waals surface area contributed by atoms with Gasteiger partial charge in [-0.1, -0.05) is 26.3 Å². The van der Waals surface area contributed by atoms with Crippen LogP contribution in [-0.4, -0.2) is 39.1 Å². The third-order valence-corrected chi connectivity index (χ3v) is 5.99. The average Bonchev–Trinajstić information content (AvgIpc) is 3.04. The summed E-state index contributed by atoms with van der Waals surface area (Å²) < 4.78 is 11.5. The maximum atomic E-state index is 12.8. The van der Waals surface area contributed by atoms with E-state index in [-0.39, 0.29) is 24.2 Å². The summed E-state index contributed by atoms with van der Waals surface area (Å²) in [5.74, 6) is 0.952. The lowest BCUT2D eigenvalue weighted by atomic mass is 9.99. The van der Waals surface area contributed by atoms with Crippen LogP contribution in [0.25, 0.3) is 0 Å². The first-order valence-corrected chi connectivity index (χ1v) is 9.98. The van der Waals surface area contributed by atoms with Crippen molar-refractivity contribution in [1.82, 2.24) is 10.2 Å². The Balaban J connectivity index is 2.27. The van der Waals surface area contributed by atoms with Gasteiger partial charge in [-0.2, -0.15) is 0 Å². The van der Waals surface area contributed by atoms with Crippen molar-refractivity contribution in [3.05, 3.63) is 22.4 Å². The molecule has 1 fully saturated rings. The molecule has 0 bridgehead atoms. The molecule has 1 aromatic rings. The van der Waals surface area contributed by atoms with Crippen LogP contribution in [0.3, 0.4) is 0 Å². The van der Waals surface area contributed by atoms with Crippen molar-refractivity contribution in [1.29, 1.82) is 0 Å². The maximum Gasteiger partial charge on any atom is 0.241 e. The second-order valence-corrected chi connectivity index (χ2v) is 8.24. The van der Waals surface area contributed by atoms with Gasteiger partial charge >= 0.3 is 0 Å². The van der Waals surface area contributed by atoms with Gasteiger partial charge in [0, 0.05) is 33.7 Å². The molecule has 0 aliphatic carbocycles. The van der Waals surface area contributed by atoms with Crippen LogP contribution in [0.1, 0.15) is 38.2 Å². The molecular weight excluding hydrogens is 304 g/mol. The first kappa shape index (κ1) is 16.6. The van der Waals surface area contributed by atoms with Crippen molar-refractivity contribution >= 4 is 28.0 Å². The van der Waals surface area contributed by atoms with Crippen LogP contribution >= 0.6 is 11.3 Å². The lowest BCUT2D eigenvalue weighted by molar-refractivity contribution is -0.132. The largest absolute Gasteiger partial charge is 0.317 e. The van der Waals surface area contributed by atoms with Gasteiger partial charge in [0.2, 0.25) is 5.91 Å². The summed E-state index contributed by atoms with van der Waals surface area (Å²) in [6.07, 6.45) is 2.56. The van der Waals surface area contributed by atoms with Crippen LogP contribution in [0.2, 0.25) is 0 Å². The highest BCUT2D eigenvalue weighted by Crippen LogP contribution is 2.33. The second-order valence-electron chi connectivity index (χ2n) is 5.78. The van der Waals surface area contributed by atoms with Gasteiger partial charge in [-0.25, -0.2) is 0 Å². The zero-order chi connectivity index (χ0) is 15.6. The monoisotopic (exact) mass is 328 g/mol. The van der Waals surface area contributed by atoms with Gasteiger partial charge in [0.25, 0.3) is 0 Å². The summed E-state index contributed by atoms with van der Waals surface area (Å²) in [4.78, 5) is 15.8. The average molecular weight is 329 g/mol. The maximum absolute atomic E-state index is 12.8. The van der Waals surface area contributed by atoms with Crippen LogP contribution in [0, 0.1) is 5.92 Å². The molecule has 0 spiro atoms. The van der Waals surface area contributed by atoms with E-state index in [1.165, 1.54) is 0 Å². The number of hydrogen-bond donors (Lipinski definition) is 1. The highest BCUT2D eigenvalue weighted by molar-refractivity contribution is 7.84. The fourth-order valence-electron chi connectivity index (χ4n) is 2.81. The van der Waals surface area contributed by atoms with Crippen LogP contribution in [0.4, 0.5) is 0 Å². The minimum absolute atomic E-state index is 0.0306. The Bertz CT molecular complexity index is 504. The van der Waals surface area contributed by atoms with Crippen molar-refractivity contribution in [2.45, 2.75) is 45.4 Å². The number of carbonyl (C=O) groups is 1. The fourth-order valence-corrected chi connectivity index (χ4v) is 4.43. The Morgan fingerprint density at radius 1 is 1.48 bits per heavy atom. The second kappa shape index (κ2) is 7.03. The summed E-state index contributed by atoms with van der Waals surface area (Å²) >= 11 is 1.65. The SMILES string of the molecule is CCC(C)C1NC(c2cccs2)N(C(C)CS(C)=O)C1=O. The number of nitrogens with zero attached hydrogens (tertiary/aromatic N) is 1. The van der Waals surface area contributed by atoms with Gasteiger partial charge in [-0.05, 0) is 24.3 Å². The fraction of sp³-hybridized carbons (Fsp3) is 0.667. The highest BCUT2D eigenvalue weighted by atomic mass is 32.2. The lowest BCUT2D eigenvalue weighted by Gasteiger charge is -2.29. The van der Waals surface area contributed by atoms with Crippen molar-refractivity contribution in [3.63, 3.8) is 0 Å². The van der Waals surface area contributed by atoms with E-state index in [0.29, 0.717) is 11.7 Å². The number of thiophene rings is 1. The molecule has 1 saturated heterocycles. The normalized spacial score (nSPS) is 26.9. The Labute approximate surface area is 133 Å². The van der Waals surface area contributed by atoms with Gasteiger partial charge in [-0.15, -0.1) is 11.3 Å². The number of hydrogen-bond acceptors (Lipinski definition) is 4. The molecule has 21 heavy (non-hydrogen) atoms. The molecule has 4 nitrogen and oxygen atoms in total. The van der Waals surface area contributed by atoms with Gasteiger partial charge in [0.05, 0.1) is 6.04 Å². The van der Waals surface area contributed by atoms with Crippen LogP contribution in [0.15, 0.2) is 17.5 Å². The Kier molecular flexibility index (Phi) is 5.57. The van der Waals surface area contributed by atoms with Gasteiger partial charge in [0.15, 0.2) is 0 Å². The predicted molar refractivity (Wildman–Crippen MR) is 88.7 cm³/mol. The number of amides is 1. The van der Waals surface area contributed by atoms with Crippen LogP contribution in [-0.2, 0) is 15.6 Å². The van der Waals surface area contributed by atoms with E-state index in [1.807, 2.05) is 23.3 Å². The summed E-state index contributed by atoms with van der Waals surface area (Å²) in [7, 11) is -0.910. The molecule has 1 amide bonds. The van der Waals surface area contributed by atoms with Crippen molar-refractivity contribution in [3.8, 4) is 0 Å². The van der Waals surface area contributed by atoms with Crippen LogP contribution < -0.4 is 5.32 Å². The first-order valence-electron chi connectivity index (χ1n) is 7.37. The quantitative estimate of drug-likeness (QED) is 0.872. The summed E-state index contributed by atoms with van der Waals surface area (Å²) in [6, 6.07) is 3.88. The molecule has 1 N–H and O–H groups in total. The van der Waals surface area contributed by atoms with Crippen molar-refractivity contribution in [2.24, 2.45) is 5.92 Å². The third kappa shape index (κ3) is 3.55. The van der Waals surface area contributed by atoms with Gasteiger partial charge in [0.1, 0.15) is 6.17 Å².